The standard InChI is InChI=1S/C26H24ClN3O5S2/c1-3-35-24(31)17-30-22-14-11-20(27)15-23(22)36-26(30)28-25(32)19-9-12-21(13-10-19)37(33,34)29(2)16-18-7-5-4-6-8-18/h4-15H,3,16-17H2,1-2H3. The second-order valence-corrected chi connectivity index (χ2v) is 11.6. The molecule has 1 amide bonds. The minimum absolute atomic E-state index is 0.0661. The van der Waals surface area contributed by atoms with Crippen LogP contribution < -0.4 is 4.80 Å². The lowest BCUT2D eigenvalue weighted by Crippen LogP contribution is -2.26. The van der Waals surface area contributed by atoms with E-state index in [-0.39, 0.29) is 30.2 Å². The number of amides is 1. The van der Waals surface area contributed by atoms with Crippen LogP contribution >= 0.6 is 22.9 Å². The molecule has 3 aromatic carbocycles. The van der Waals surface area contributed by atoms with E-state index in [2.05, 4.69) is 4.99 Å². The zero-order valence-corrected chi connectivity index (χ0v) is 22.5. The Bertz CT molecular complexity index is 1610. The quantitative estimate of drug-likeness (QED) is 0.297. The fraction of sp³-hybridized carbons (Fsp3) is 0.192. The van der Waals surface area contributed by atoms with Gasteiger partial charge in [0.05, 0.1) is 21.7 Å². The molecule has 1 aromatic heterocycles. The van der Waals surface area contributed by atoms with Crippen molar-refractivity contribution in [3.8, 4) is 0 Å². The van der Waals surface area contributed by atoms with Crippen LogP contribution in [0.1, 0.15) is 22.8 Å². The van der Waals surface area contributed by atoms with E-state index >= 15 is 0 Å². The van der Waals surface area contributed by atoms with Crippen LogP contribution in [0.3, 0.4) is 0 Å². The maximum Gasteiger partial charge on any atom is 0.326 e. The molecule has 0 aliphatic carbocycles. The lowest BCUT2D eigenvalue weighted by atomic mass is 10.2. The molecule has 11 heteroatoms. The van der Waals surface area contributed by atoms with Gasteiger partial charge in [0, 0.05) is 24.2 Å². The van der Waals surface area contributed by atoms with Gasteiger partial charge in [-0.25, -0.2) is 8.42 Å². The average Bonchev–Trinajstić information content (AvgIpc) is 3.20. The SMILES string of the molecule is CCOC(=O)Cn1c(=NC(=O)c2ccc(S(=O)(=O)N(C)Cc3ccccc3)cc2)sc2cc(Cl)ccc21. The molecule has 0 fully saturated rings. The number of hydrogen-bond donors (Lipinski definition) is 0. The van der Waals surface area contributed by atoms with E-state index in [0.29, 0.717) is 15.3 Å². The van der Waals surface area contributed by atoms with Crippen molar-refractivity contribution in [2.45, 2.75) is 24.9 Å². The van der Waals surface area contributed by atoms with Crippen LogP contribution in [0.25, 0.3) is 10.2 Å². The van der Waals surface area contributed by atoms with Crippen molar-refractivity contribution in [2.24, 2.45) is 4.99 Å². The number of carbonyl (C=O) groups is 2. The van der Waals surface area contributed by atoms with E-state index in [1.165, 1.54) is 47.0 Å². The minimum Gasteiger partial charge on any atom is -0.465 e. The highest BCUT2D eigenvalue weighted by molar-refractivity contribution is 7.89. The fourth-order valence-electron chi connectivity index (χ4n) is 3.65. The number of rotatable bonds is 8. The van der Waals surface area contributed by atoms with Gasteiger partial charge in [-0.3, -0.25) is 9.59 Å². The molecule has 0 saturated heterocycles. The summed E-state index contributed by atoms with van der Waals surface area (Å²) >= 11 is 7.33. The number of halogens is 1. The molecule has 0 aliphatic heterocycles. The van der Waals surface area contributed by atoms with E-state index in [0.717, 1.165) is 10.3 Å². The number of carbonyl (C=O) groups excluding carboxylic acids is 2. The first-order chi connectivity index (χ1) is 17.7. The molecule has 0 N–H and O–H groups in total. The maximum absolute atomic E-state index is 13.0. The summed E-state index contributed by atoms with van der Waals surface area (Å²) in [5, 5.41) is 0.518. The number of esters is 1. The van der Waals surface area contributed by atoms with Crippen LogP contribution in [0, 0.1) is 0 Å². The third kappa shape index (κ3) is 6.16. The van der Waals surface area contributed by atoms with Gasteiger partial charge in [-0.05, 0) is 55.0 Å². The molecule has 0 aliphatic rings. The van der Waals surface area contributed by atoms with Gasteiger partial charge in [0.15, 0.2) is 4.80 Å². The van der Waals surface area contributed by atoms with Crippen LogP contribution in [0.15, 0.2) is 82.7 Å². The molecule has 4 rings (SSSR count). The van der Waals surface area contributed by atoms with Gasteiger partial charge in [-0.1, -0.05) is 53.3 Å². The summed E-state index contributed by atoms with van der Waals surface area (Å²) in [6.07, 6.45) is 0. The number of benzene rings is 3. The first-order valence-electron chi connectivity index (χ1n) is 11.3. The predicted octanol–water partition coefficient (Wildman–Crippen LogP) is 4.48. The molecule has 0 radical (unpaired) electrons. The highest BCUT2D eigenvalue weighted by Crippen LogP contribution is 2.22. The number of fused-ring (bicyclic) bond motifs is 1. The third-order valence-corrected chi connectivity index (χ3v) is 8.59. The van der Waals surface area contributed by atoms with Crippen LogP contribution in [-0.4, -0.2) is 42.8 Å². The normalized spacial score (nSPS) is 12.3. The molecule has 4 aromatic rings. The summed E-state index contributed by atoms with van der Waals surface area (Å²) in [4.78, 5) is 29.8. The Hall–Kier alpha value is -3.31. The Morgan fingerprint density at radius 2 is 1.76 bits per heavy atom. The number of hydrogen-bond acceptors (Lipinski definition) is 6. The summed E-state index contributed by atoms with van der Waals surface area (Å²) in [6.45, 7) is 2.04. The monoisotopic (exact) mass is 557 g/mol. The summed E-state index contributed by atoms with van der Waals surface area (Å²) in [7, 11) is -2.25. The van der Waals surface area contributed by atoms with Crippen LogP contribution in [-0.2, 0) is 32.6 Å². The van der Waals surface area contributed by atoms with Crippen molar-refractivity contribution in [1.29, 1.82) is 0 Å². The Balaban J connectivity index is 1.62. The second kappa shape index (κ2) is 11.4. The van der Waals surface area contributed by atoms with E-state index < -0.39 is 21.9 Å². The van der Waals surface area contributed by atoms with E-state index in [4.69, 9.17) is 16.3 Å². The predicted molar refractivity (Wildman–Crippen MR) is 143 cm³/mol. The lowest BCUT2D eigenvalue weighted by Gasteiger charge is -2.17. The van der Waals surface area contributed by atoms with Crippen LogP contribution in [0.5, 0.6) is 0 Å². The first kappa shape index (κ1) is 26.7. The van der Waals surface area contributed by atoms with Crippen molar-refractivity contribution in [3.63, 3.8) is 0 Å². The minimum atomic E-state index is -3.76. The van der Waals surface area contributed by atoms with Crippen molar-refractivity contribution in [1.82, 2.24) is 8.87 Å². The summed E-state index contributed by atoms with van der Waals surface area (Å²) < 4.78 is 34.7. The number of thiazole rings is 1. The van der Waals surface area contributed by atoms with Gasteiger partial charge in [0.1, 0.15) is 6.54 Å². The van der Waals surface area contributed by atoms with Crippen molar-refractivity contribution < 1.29 is 22.7 Å². The second-order valence-electron chi connectivity index (χ2n) is 8.08. The topological polar surface area (TPSA) is 98.0 Å². The number of aromatic nitrogens is 1. The van der Waals surface area contributed by atoms with Crippen molar-refractivity contribution in [3.05, 3.63) is 93.7 Å². The Labute approximate surface area is 223 Å². The van der Waals surface area contributed by atoms with Crippen LogP contribution in [0.2, 0.25) is 5.02 Å². The summed E-state index contributed by atoms with van der Waals surface area (Å²) in [6, 6.07) is 20.1. The highest BCUT2D eigenvalue weighted by atomic mass is 35.5. The average molecular weight is 558 g/mol. The van der Waals surface area contributed by atoms with Gasteiger partial charge in [0.25, 0.3) is 5.91 Å². The van der Waals surface area contributed by atoms with Gasteiger partial charge in [-0.15, -0.1) is 0 Å². The molecule has 0 saturated carbocycles. The molecule has 8 nitrogen and oxygen atoms in total. The molecule has 1 heterocycles. The number of sulfonamides is 1. The summed E-state index contributed by atoms with van der Waals surface area (Å²) in [5.74, 6) is -1.03. The van der Waals surface area contributed by atoms with Crippen molar-refractivity contribution >= 4 is 55.1 Å². The van der Waals surface area contributed by atoms with Gasteiger partial charge >= 0.3 is 5.97 Å². The Morgan fingerprint density at radius 3 is 2.43 bits per heavy atom. The van der Waals surface area contributed by atoms with Crippen molar-refractivity contribution in [2.75, 3.05) is 13.7 Å². The molecule has 192 valence electrons. The summed E-state index contributed by atoms with van der Waals surface area (Å²) in [5.41, 5.74) is 1.76. The fourth-order valence-corrected chi connectivity index (χ4v) is 6.11. The Morgan fingerprint density at radius 1 is 1.05 bits per heavy atom. The highest BCUT2D eigenvalue weighted by Gasteiger charge is 2.21. The van der Waals surface area contributed by atoms with Gasteiger partial charge < -0.3 is 9.30 Å². The smallest absolute Gasteiger partial charge is 0.326 e. The molecular formula is C26H24ClN3O5S2. The zero-order valence-electron chi connectivity index (χ0n) is 20.1. The first-order valence-corrected chi connectivity index (χ1v) is 14.0. The van der Waals surface area contributed by atoms with E-state index in [9.17, 15) is 18.0 Å². The zero-order chi connectivity index (χ0) is 26.6. The lowest BCUT2D eigenvalue weighted by molar-refractivity contribution is -0.143. The molecule has 0 unspecified atom stereocenters. The third-order valence-electron chi connectivity index (χ3n) is 5.49. The number of ether oxygens (including phenoxy) is 1. The van der Waals surface area contributed by atoms with E-state index in [1.54, 1.807) is 29.7 Å². The molecular weight excluding hydrogens is 534 g/mol. The van der Waals surface area contributed by atoms with Gasteiger partial charge in [0.2, 0.25) is 10.0 Å². The largest absolute Gasteiger partial charge is 0.465 e. The molecule has 0 atom stereocenters. The van der Waals surface area contributed by atoms with Gasteiger partial charge in [-0.2, -0.15) is 9.30 Å². The molecule has 0 spiro atoms. The number of nitrogens with zero attached hydrogens (tertiary/aromatic N) is 3. The van der Waals surface area contributed by atoms with E-state index in [1.807, 2.05) is 30.3 Å². The molecule has 0 bridgehead atoms. The van der Waals surface area contributed by atoms with Crippen LogP contribution in [0.4, 0.5) is 0 Å². The maximum atomic E-state index is 13.0. The Kier molecular flexibility index (Phi) is 8.23. The molecule has 37 heavy (non-hydrogen) atoms.